The fourth-order valence-electron chi connectivity index (χ4n) is 6.30. The van der Waals surface area contributed by atoms with Gasteiger partial charge in [0.15, 0.2) is 16.6 Å². The molecule has 18 nitrogen and oxygen atoms in total. The summed E-state index contributed by atoms with van der Waals surface area (Å²) in [5, 5.41) is 7.12. The van der Waals surface area contributed by atoms with Gasteiger partial charge in [0.25, 0.3) is 0 Å². The molecule has 5 rings (SSSR count). The molecule has 0 radical (unpaired) electrons. The van der Waals surface area contributed by atoms with Crippen molar-refractivity contribution in [2.75, 3.05) is 57.2 Å². The number of halogens is 1. The van der Waals surface area contributed by atoms with Crippen LogP contribution in [0.25, 0.3) is 10.9 Å². The number of anilines is 3. The van der Waals surface area contributed by atoms with E-state index < -0.39 is 36.5 Å². The molecule has 352 valence electrons. The summed E-state index contributed by atoms with van der Waals surface area (Å²) in [6.07, 6.45) is 5.11. The molecule has 0 saturated carbocycles. The van der Waals surface area contributed by atoms with Crippen LogP contribution in [0.1, 0.15) is 86.5 Å². The molecule has 2 amide bonds. The van der Waals surface area contributed by atoms with E-state index in [1.807, 2.05) is 20.8 Å². The molecular formula is C43H61FN7O11PS. The SMILES string of the molecule is COc1cc2c(Nc3ncc(CC(=O)Nc4cccc(F)c4)s3)ncnc2cc1OCCCN1CCCC1COC(=O)N(CCOP(=O)(OOC(C)(C)C)OOC(C)(C)C)C(C)(C)C. The van der Waals surface area contributed by atoms with Crippen LogP contribution in [0.5, 0.6) is 11.5 Å². The van der Waals surface area contributed by atoms with Gasteiger partial charge >= 0.3 is 13.9 Å². The van der Waals surface area contributed by atoms with Gasteiger partial charge in [0.2, 0.25) is 5.91 Å². The van der Waals surface area contributed by atoms with Gasteiger partial charge in [-0.2, -0.15) is 0 Å². The summed E-state index contributed by atoms with van der Waals surface area (Å²) in [7, 11) is -2.78. The second-order valence-corrected chi connectivity index (χ2v) is 20.6. The Bertz CT molecular complexity index is 2210. The van der Waals surface area contributed by atoms with Crippen molar-refractivity contribution in [3.8, 4) is 11.5 Å². The third-order valence-electron chi connectivity index (χ3n) is 9.24. The monoisotopic (exact) mass is 933 g/mol. The molecule has 1 fully saturated rings. The Morgan fingerprint density at radius 2 is 1.70 bits per heavy atom. The van der Waals surface area contributed by atoms with Crippen LogP contribution in [0, 0.1) is 5.82 Å². The highest BCUT2D eigenvalue weighted by Crippen LogP contribution is 2.51. The zero-order valence-electron chi connectivity index (χ0n) is 38.2. The molecule has 2 aromatic carbocycles. The molecule has 2 aromatic heterocycles. The lowest BCUT2D eigenvalue weighted by Crippen LogP contribution is -2.48. The van der Waals surface area contributed by atoms with Crippen LogP contribution in [-0.4, -0.2) is 106 Å². The largest absolute Gasteiger partial charge is 0.529 e. The maximum Gasteiger partial charge on any atom is 0.529 e. The van der Waals surface area contributed by atoms with E-state index in [2.05, 4.69) is 30.5 Å². The van der Waals surface area contributed by atoms with Crippen LogP contribution in [0.4, 0.5) is 25.8 Å². The highest BCUT2D eigenvalue weighted by molar-refractivity contribution is 7.48. The average Bonchev–Trinajstić information content (AvgIpc) is 3.86. The number of fused-ring (bicyclic) bond motifs is 1. The van der Waals surface area contributed by atoms with Gasteiger partial charge in [0.05, 0.1) is 43.5 Å². The predicted octanol–water partition coefficient (Wildman–Crippen LogP) is 9.25. The average molecular weight is 934 g/mol. The van der Waals surface area contributed by atoms with Gasteiger partial charge in [-0.3, -0.25) is 14.2 Å². The Morgan fingerprint density at radius 1 is 0.969 bits per heavy atom. The van der Waals surface area contributed by atoms with Crippen LogP contribution in [0.2, 0.25) is 0 Å². The standard InChI is InChI=1S/C43H61FN7O11PS/c1-41(2,3)51(19-21-58-63(54,61-59-42(4,5)6)62-60-43(7,8)9)40(53)57-27-31-16-12-17-50(31)18-13-20-56-36-25-34-33(24-35(36)55-10)38(47-28-46-34)49-39-45-26-32(64-39)23-37(52)48-30-15-11-14-29(44)22-30/h11,14-15,22,24-26,28,31H,12-13,16-21,23,27H2,1-10H3,(H,48,52)(H,45,46,47,49). The number of amides is 2. The number of methoxy groups -OCH3 is 1. The zero-order chi connectivity index (χ0) is 46.7. The molecule has 64 heavy (non-hydrogen) atoms. The van der Waals surface area contributed by atoms with Crippen molar-refractivity contribution in [3.05, 3.63) is 59.6 Å². The number of thiazole rings is 1. The summed E-state index contributed by atoms with van der Waals surface area (Å²) >= 11 is 1.30. The third kappa shape index (κ3) is 15.9. The van der Waals surface area contributed by atoms with Crippen molar-refractivity contribution in [2.45, 2.75) is 111 Å². The second-order valence-electron chi connectivity index (χ2n) is 18.0. The normalized spacial score (nSPS) is 15.0. The van der Waals surface area contributed by atoms with E-state index in [1.54, 1.807) is 73.0 Å². The smallest absolute Gasteiger partial charge is 0.493 e. The van der Waals surface area contributed by atoms with Gasteiger partial charge in [-0.1, -0.05) is 6.07 Å². The van der Waals surface area contributed by atoms with Gasteiger partial charge in [0.1, 0.15) is 24.6 Å². The molecule has 3 heterocycles. The molecule has 1 atom stereocenters. The van der Waals surface area contributed by atoms with Crippen LogP contribution < -0.4 is 20.1 Å². The lowest BCUT2D eigenvalue weighted by Gasteiger charge is -2.35. The molecule has 1 aliphatic heterocycles. The van der Waals surface area contributed by atoms with E-state index in [1.165, 1.54) is 40.8 Å². The van der Waals surface area contributed by atoms with Gasteiger partial charge in [-0.05, 0) is 112 Å². The number of rotatable bonds is 21. The van der Waals surface area contributed by atoms with E-state index in [4.69, 9.17) is 37.9 Å². The first-order valence-electron chi connectivity index (χ1n) is 21.0. The van der Waals surface area contributed by atoms with Gasteiger partial charge in [0, 0.05) is 52.9 Å². The summed E-state index contributed by atoms with van der Waals surface area (Å²) in [5.41, 5.74) is -1.28. The van der Waals surface area contributed by atoms with Crippen molar-refractivity contribution >= 4 is 58.7 Å². The van der Waals surface area contributed by atoms with Crippen LogP contribution >= 0.6 is 19.2 Å². The molecule has 21 heteroatoms. The fourth-order valence-corrected chi connectivity index (χ4v) is 8.16. The zero-order valence-corrected chi connectivity index (χ0v) is 39.9. The minimum absolute atomic E-state index is 0.0211. The Kier molecular flexibility index (Phi) is 17.4. The summed E-state index contributed by atoms with van der Waals surface area (Å²) in [6.45, 7) is 17.8. The summed E-state index contributed by atoms with van der Waals surface area (Å²) < 4.78 is 60.4. The first kappa shape index (κ1) is 50.5. The Labute approximate surface area is 377 Å². The summed E-state index contributed by atoms with van der Waals surface area (Å²) in [4.78, 5) is 54.3. The lowest BCUT2D eigenvalue weighted by atomic mass is 10.1. The fraction of sp³-hybridized carbons (Fsp3) is 0.558. The number of carbonyl (C=O) groups excluding carboxylic acids is 2. The van der Waals surface area contributed by atoms with Crippen LogP contribution in [-0.2, 0) is 44.2 Å². The second kappa shape index (κ2) is 22.1. The molecule has 2 N–H and O–H groups in total. The molecule has 0 spiro atoms. The maximum atomic E-state index is 13.5. The summed E-state index contributed by atoms with van der Waals surface area (Å²) in [6, 6.07) is 9.34. The van der Waals surface area contributed by atoms with Crippen molar-refractivity contribution < 1.29 is 56.4 Å². The molecule has 1 aliphatic rings. The Morgan fingerprint density at radius 3 is 2.38 bits per heavy atom. The Balaban J connectivity index is 1.11. The number of hydrogen-bond acceptors (Lipinski definition) is 17. The number of phosphoric acid groups is 1. The molecule has 1 unspecified atom stereocenters. The topological polar surface area (TPSA) is 194 Å². The number of likely N-dealkylation sites (tertiary alicyclic amines) is 1. The van der Waals surface area contributed by atoms with Crippen LogP contribution in [0.3, 0.4) is 0 Å². The number of hydrogen-bond donors (Lipinski definition) is 2. The van der Waals surface area contributed by atoms with E-state index >= 15 is 0 Å². The predicted molar refractivity (Wildman–Crippen MR) is 240 cm³/mol. The van der Waals surface area contributed by atoms with Gasteiger partial charge in [-0.25, -0.2) is 38.5 Å². The molecular weight excluding hydrogens is 873 g/mol. The van der Waals surface area contributed by atoms with Crippen molar-refractivity contribution in [3.63, 3.8) is 0 Å². The lowest BCUT2D eigenvalue weighted by molar-refractivity contribution is -0.337. The number of aromatic nitrogens is 3. The third-order valence-corrected chi connectivity index (χ3v) is 11.2. The molecule has 4 aromatic rings. The number of nitrogens with zero attached hydrogens (tertiary/aromatic N) is 5. The van der Waals surface area contributed by atoms with Crippen molar-refractivity contribution in [1.82, 2.24) is 24.8 Å². The van der Waals surface area contributed by atoms with E-state index in [0.717, 1.165) is 25.9 Å². The minimum Gasteiger partial charge on any atom is -0.493 e. The Hall–Kier alpha value is -4.53. The number of carbonyl (C=O) groups is 2. The first-order valence-corrected chi connectivity index (χ1v) is 23.3. The van der Waals surface area contributed by atoms with Crippen molar-refractivity contribution in [1.29, 1.82) is 0 Å². The molecule has 0 aliphatic carbocycles. The quantitative estimate of drug-likeness (QED) is 0.0347. The number of benzene rings is 2. The first-order chi connectivity index (χ1) is 30.1. The molecule has 1 saturated heterocycles. The van der Waals surface area contributed by atoms with Crippen molar-refractivity contribution in [2.24, 2.45) is 0 Å². The maximum absolute atomic E-state index is 13.5. The van der Waals surface area contributed by atoms with Crippen LogP contribution in [0.15, 0.2) is 48.9 Å². The number of nitrogens with one attached hydrogen (secondary N) is 2. The van der Waals surface area contributed by atoms with E-state index in [0.29, 0.717) is 56.9 Å². The highest BCUT2D eigenvalue weighted by Gasteiger charge is 2.37. The van der Waals surface area contributed by atoms with E-state index in [-0.39, 0.29) is 38.1 Å². The molecule has 0 bridgehead atoms. The minimum atomic E-state index is -4.34. The van der Waals surface area contributed by atoms with E-state index in [9.17, 15) is 18.5 Å². The number of ether oxygens (including phenoxy) is 3. The highest BCUT2D eigenvalue weighted by atomic mass is 32.1. The summed E-state index contributed by atoms with van der Waals surface area (Å²) in [5.74, 6) is 0.795. The van der Waals surface area contributed by atoms with Gasteiger partial charge < -0.3 is 29.7 Å². The van der Waals surface area contributed by atoms with Gasteiger partial charge in [-0.15, -0.1) is 20.7 Å².